The molecule has 3 nitrogen and oxygen atoms in total. The Morgan fingerprint density at radius 3 is 2.13 bits per heavy atom. The third kappa shape index (κ3) is 3.75. The van der Waals surface area contributed by atoms with Crippen LogP contribution in [0.3, 0.4) is 0 Å². The molecule has 3 rings (SSSR count). The normalized spacial score (nSPS) is 10.6. The van der Waals surface area contributed by atoms with Crippen LogP contribution < -0.4 is 4.90 Å². The minimum absolute atomic E-state index is 0.838. The third-order valence-corrected chi connectivity index (χ3v) is 3.90. The first-order valence-electron chi connectivity index (χ1n) is 7.77. The average Bonchev–Trinajstić information content (AvgIpc) is 2.56. The summed E-state index contributed by atoms with van der Waals surface area (Å²) in [6.45, 7) is 5.01. The van der Waals surface area contributed by atoms with Crippen molar-refractivity contribution in [1.82, 2.24) is 9.97 Å². The van der Waals surface area contributed by atoms with E-state index in [4.69, 9.17) is 0 Å². The van der Waals surface area contributed by atoms with Crippen LogP contribution in [0.5, 0.6) is 0 Å². The van der Waals surface area contributed by atoms with Gasteiger partial charge in [-0.2, -0.15) is 0 Å². The van der Waals surface area contributed by atoms with Crippen LogP contribution in [-0.2, 0) is 6.54 Å². The van der Waals surface area contributed by atoms with E-state index in [-0.39, 0.29) is 0 Å². The van der Waals surface area contributed by atoms with Crippen molar-refractivity contribution in [3.8, 4) is 11.4 Å². The van der Waals surface area contributed by atoms with Crippen molar-refractivity contribution in [1.29, 1.82) is 0 Å². The maximum Gasteiger partial charge on any atom is 0.0889 e. The van der Waals surface area contributed by atoms with Crippen LogP contribution in [0.15, 0.2) is 60.9 Å². The Morgan fingerprint density at radius 2 is 1.43 bits per heavy atom. The number of rotatable bonds is 4. The van der Waals surface area contributed by atoms with Gasteiger partial charge in [0, 0.05) is 31.7 Å². The zero-order valence-electron chi connectivity index (χ0n) is 13.8. The van der Waals surface area contributed by atoms with Crippen molar-refractivity contribution >= 4 is 5.69 Å². The van der Waals surface area contributed by atoms with Crippen LogP contribution in [0.25, 0.3) is 11.4 Å². The highest BCUT2D eigenvalue weighted by atomic mass is 15.1. The van der Waals surface area contributed by atoms with E-state index in [0.717, 1.165) is 17.9 Å². The molecule has 0 N–H and O–H groups in total. The summed E-state index contributed by atoms with van der Waals surface area (Å²) in [5.74, 6) is 0. The van der Waals surface area contributed by atoms with Gasteiger partial charge in [0.05, 0.1) is 11.4 Å². The molecule has 0 saturated carbocycles. The molecule has 0 amide bonds. The molecule has 0 spiro atoms. The number of aryl methyl sites for hydroxylation is 2. The fourth-order valence-corrected chi connectivity index (χ4v) is 2.55. The number of benzene rings is 1. The first-order chi connectivity index (χ1) is 11.1. The number of aromatic nitrogens is 2. The second-order valence-corrected chi connectivity index (χ2v) is 5.96. The predicted molar refractivity (Wildman–Crippen MR) is 95.5 cm³/mol. The monoisotopic (exact) mass is 303 g/mol. The summed E-state index contributed by atoms with van der Waals surface area (Å²) in [4.78, 5) is 11.1. The fraction of sp³-hybridized carbons (Fsp3) is 0.200. The predicted octanol–water partition coefficient (Wildman–Crippen LogP) is 4.40. The number of pyridine rings is 2. The van der Waals surface area contributed by atoms with E-state index in [2.05, 4.69) is 78.2 Å². The van der Waals surface area contributed by atoms with E-state index >= 15 is 0 Å². The summed E-state index contributed by atoms with van der Waals surface area (Å²) in [7, 11) is 2.11. The summed E-state index contributed by atoms with van der Waals surface area (Å²) in [6, 6.07) is 16.8. The lowest BCUT2D eigenvalue weighted by Gasteiger charge is -2.19. The highest BCUT2D eigenvalue weighted by molar-refractivity contribution is 5.56. The maximum atomic E-state index is 4.46. The molecular weight excluding hydrogens is 282 g/mol. The minimum atomic E-state index is 0.838. The fourth-order valence-electron chi connectivity index (χ4n) is 2.55. The third-order valence-electron chi connectivity index (χ3n) is 3.90. The maximum absolute atomic E-state index is 4.46. The largest absolute Gasteiger partial charge is 0.370 e. The molecule has 3 heteroatoms. The summed E-state index contributed by atoms with van der Waals surface area (Å²) < 4.78 is 0. The molecule has 0 aliphatic carbocycles. The Morgan fingerprint density at radius 1 is 0.783 bits per heavy atom. The Kier molecular flexibility index (Phi) is 4.38. The van der Waals surface area contributed by atoms with Gasteiger partial charge in [-0.25, -0.2) is 0 Å². The van der Waals surface area contributed by atoms with Gasteiger partial charge in [0.15, 0.2) is 0 Å². The van der Waals surface area contributed by atoms with Crippen molar-refractivity contribution < 1.29 is 0 Å². The first kappa shape index (κ1) is 15.2. The lowest BCUT2D eigenvalue weighted by atomic mass is 10.1. The number of nitrogens with zero attached hydrogens (tertiary/aromatic N) is 3. The van der Waals surface area contributed by atoms with E-state index in [1.165, 1.54) is 22.4 Å². The minimum Gasteiger partial charge on any atom is -0.370 e. The molecule has 0 bridgehead atoms. The number of hydrogen-bond acceptors (Lipinski definition) is 3. The molecule has 2 aromatic heterocycles. The lowest BCUT2D eigenvalue weighted by Crippen LogP contribution is -2.16. The molecule has 2 heterocycles. The molecule has 0 unspecified atom stereocenters. The van der Waals surface area contributed by atoms with Gasteiger partial charge in [-0.05, 0) is 61.4 Å². The van der Waals surface area contributed by atoms with Crippen molar-refractivity contribution in [3.05, 3.63) is 77.6 Å². The molecule has 0 aliphatic rings. The topological polar surface area (TPSA) is 29.0 Å². The second-order valence-electron chi connectivity index (χ2n) is 5.96. The van der Waals surface area contributed by atoms with Gasteiger partial charge in [0.25, 0.3) is 0 Å². The Balaban J connectivity index is 1.81. The average molecular weight is 303 g/mol. The van der Waals surface area contributed by atoms with E-state index in [1.807, 2.05) is 18.5 Å². The van der Waals surface area contributed by atoms with Crippen LogP contribution in [0.4, 0.5) is 5.69 Å². The molecule has 1 aromatic carbocycles. The van der Waals surface area contributed by atoms with Crippen molar-refractivity contribution in [3.63, 3.8) is 0 Å². The van der Waals surface area contributed by atoms with E-state index < -0.39 is 0 Å². The summed E-state index contributed by atoms with van der Waals surface area (Å²) >= 11 is 0. The Bertz CT molecular complexity index is 794. The quantitative estimate of drug-likeness (QED) is 0.715. The Labute approximate surface area is 137 Å². The van der Waals surface area contributed by atoms with Crippen molar-refractivity contribution in [2.24, 2.45) is 0 Å². The SMILES string of the molecule is Cc1ccc(N(C)Cc2ccnc(-c3cc(C)ccn3)c2)cc1. The van der Waals surface area contributed by atoms with Gasteiger partial charge < -0.3 is 4.90 Å². The summed E-state index contributed by atoms with van der Waals surface area (Å²) in [5.41, 5.74) is 6.75. The molecule has 3 aromatic rings. The van der Waals surface area contributed by atoms with Gasteiger partial charge in [0.1, 0.15) is 0 Å². The van der Waals surface area contributed by atoms with Gasteiger partial charge in [-0.3, -0.25) is 9.97 Å². The molecule has 0 saturated heterocycles. The lowest BCUT2D eigenvalue weighted by molar-refractivity contribution is 0.919. The van der Waals surface area contributed by atoms with Crippen molar-refractivity contribution in [2.75, 3.05) is 11.9 Å². The molecule has 0 aliphatic heterocycles. The van der Waals surface area contributed by atoms with Gasteiger partial charge in [-0.15, -0.1) is 0 Å². The van der Waals surface area contributed by atoms with Crippen LogP contribution in [0.2, 0.25) is 0 Å². The van der Waals surface area contributed by atoms with E-state index in [9.17, 15) is 0 Å². The zero-order valence-corrected chi connectivity index (χ0v) is 13.8. The first-order valence-corrected chi connectivity index (χ1v) is 7.77. The molecule has 0 radical (unpaired) electrons. The van der Waals surface area contributed by atoms with E-state index in [1.54, 1.807) is 0 Å². The van der Waals surface area contributed by atoms with E-state index in [0.29, 0.717) is 0 Å². The summed E-state index contributed by atoms with van der Waals surface area (Å²) in [6.07, 6.45) is 3.69. The molecular formula is C20H21N3. The molecule has 0 atom stereocenters. The van der Waals surface area contributed by atoms with Gasteiger partial charge in [0.2, 0.25) is 0 Å². The highest BCUT2D eigenvalue weighted by Crippen LogP contribution is 2.19. The summed E-state index contributed by atoms with van der Waals surface area (Å²) in [5, 5.41) is 0. The standard InChI is InChI=1S/C20H21N3/c1-15-4-6-18(7-5-15)23(3)14-17-9-11-22-20(13-17)19-12-16(2)8-10-21-19/h4-13H,14H2,1-3H3. The zero-order chi connectivity index (χ0) is 16.2. The van der Waals surface area contributed by atoms with Crippen LogP contribution in [-0.4, -0.2) is 17.0 Å². The van der Waals surface area contributed by atoms with Crippen LogP contribution >= 0.6 is 0 Å². The molecule has 0 fully saturated rings. The Hall–Kier alpha value is -2.68. The second kappa shape index (κ2) is 6.61. The molecule has 116 valence electrons. The molecule has 23 heavy (non-hydrogen) atoms. The highest BCUT2D eigenvalue weighted by Gasteiger charge is 2.06. The van der Waals surface area contributed by atoms with Crippen molar-refractivity contribution in [2.45, 2.75) is 20.4 Å². The smallest absolute Gasteiger partial charge is 0.0889 e. The van der Waals surface area contributed by atoms with Gasteiger partial charge >= 0.3 is 0 Å². The van der Waals surface area contributed by atoms with Crippen LogP contribution in [0.1, 0.15) is 16.7 Å². The number of hydrogen-bond donors (Lipinski definition) is 0. The van der Waals surface area contributed by atoms with Gasteiger partial charge in [-0.1, -0.05) is 17.7 Å². The number of anilines is 1. The van der Waals surface area contributed by atoms with Crippen LogP contribution in [0, 0.1) is 13.8 Å².